The van der Waals surface area contributed by atoms with Gasteiger partial charge in [-0.1, -0.05) is 18.2 Å². The Kier molecular flexibility index (Phi) is 3.36. The van der Waals surface area contributed by atoms with Gasteiger partial charge in [-0.15, -0.1) is 0 Å². The van der Waals surface area contributed by atoms with Crippen LogP contribution >= 0.6 is 0 Å². The maximum atomic E-state index is 6.31. The van der Waals surface area contributed by atoms with Crippen molar-refractivity contribution in [1.82, 2.24) is 19.2 Å². The van der Waals surface area contributed by atoms with E-state index in [1.54, 1.807) is 24.0 Å². The topological polar surface area (TPSA) is 70.4 Å². The van der Waals surface area contributed by atoms with Crippen LogP contribution in [0.3, 0.4) is 0 Å². The number of nitrogen functional groups attached to an aromatic ring is 1. The minimum absolute atomic E-state index is 0.577. The van der Waals surface area contributed by atoms with Crippen molar-refractivity contribution in [2.45, 2.75) is 0 Å². The quantitative estimate of drug-likeness (QED) is 0.532. The Morgan fingerprint density at radius 1 is 1.04 bits per heavy atom. The molecule has 0 amide bonds. The van der Waals surface area contributed by atoms with Crippen LogP contribution in [0.25, 0.3) is 33.4 Å². The highest BCUT2D eigenvalue weighted by molar-refractivity contribution is 5.89. The van der Waals surface area contributed by atoms with Gasteiger partial charge < -0.3 is 15.0 Å². The Labute approximate surface area is 155 Å². The Bertz CT molecular complexity index is 1280. The molecule has 0 saturated carbocycles. The van der Waals surface area contributed by atoms with E-state index in [1.807, 2.05) is 36.5 Å². The average Bonchev–Trinajstić information content (AvgIpc) is 3.35. The monoisotopic (exact) mass is 355 g/mol. The maximum Gasteiger partial charge on any atom is 0.157 e. The molecule has 0 spiro atoms. The van der Waals surface area contributed by atoms with Crippen LogP contribution in [0.4, 0.5) is 5.82 Å². The van der Waals surface area contributed by atoms with Gasteiger partial charge in [-0.25, -0.2) is 4.98 Å². The van der Waals surface area contributed by atoms with Crippen molar-refractivity contribution in [3.8, 4) is 22.6 Å². The molecule has 3 heterocycles. The van der Waals surface area contributed by atoms with Gasteiger partial charge in [0, 0.05) is 29.4 Å². The van der Waals surface area contributed by atoms with Gasteiger partial charge in [0.05, 0.1) is 24.5 Å². The normalized spacial score (nSPS) is 11.3. The number of para-hydroxylation sites is 2. The first-order valence-electron chi connectivity index (χ1n) is 8.59. The van der Waals surface area contributed by atoms with Crippen LogP contribution in [0.5, 0.6) is 5.75 Å². The van der Waals surface area contributed by atoms with Crippen LogP contribution in [0.1, 0.15) is 0 Å². The van der Waals surface area contributed by atoms with Gasteiger partial charge in [-0.2, -0.15) is 9.61 Å². The molecule has 6 nitrogen and oxygen atoms in total. The highest BCUT2D eigenvalue weighted by Gasteiger charge is 2.12. The number of hydrogen-bond acceptors (Lipinski definition) is 4. The Morgan fingerprint density at radius 2 is 1.93 bits per heavy atom. The molecule has 0 aliphatic carbocycles. The molecule has 0 fully saturated rings. The van der Waals surface area contributed by atoms with E-state index >= 15 is 0 Å². The summed E-state index contributed by atoms with van der Waals surface area (Å²) in [6.45, 7) is 0. The largest absolute Gasteiger partial charge is 0.495 e. The average molecular weight is 355 g/mol. The zero-order chi connectivity index (χ0) is 18.4. The van der Waals surface area contributed by atoms with Crippen LogP contribution in [0, 0.1) is 0 Å². The smallest absolute Gasteiger partial charge is 0.157 e. The van der Waals surface area contributed by atoms with Crippen molar-refractivity contribution in [2.24, 2.45) is 0 Å². The first kappa shape index (κ1) is 15.5. The molecule has 3 aromatic heterocycles. The summed E-state index contributed by atoms with van der Waals surface area (Å²) in [5.74, 6) is 1.41. The van der Waals surface area contributed by atoms with Crippen LogP contribution < -0.4 is 10.5 Å². The maximum absolute atomic E-state index is 6.31. The molecule has 2 N–H and O–H groups in total. The molecule has 6 heteroatoms. The lowest BCUT2D eigenvalue weighted by Gasteiger charge is -2.11. The Morgan fingerprint density at radius 3 is 2.81 bits per heavy atom. The number of anilines is 1. The summed E-state index contributed by atoms with van der Waals surface area (Å²) in [6.07, 6.45) is 5.54. The molecular formula is C21H17N5O. The van der Waals surface area contributed by atoms with Crippen LogP contribution in [-0.2, 0) is 0 Å². The van der Waals surface area contributed by atoms with E-state index in [0.29, 0.717) is 5.82 Å². The van der Waals surface area contributed by atoms with Crippen molar-refractivity contribution in [3.63, 3.8) is 0 Å². The van der Waals surface area contributed by atoms with Crippen LogP contribution in [0.2, 0.25) is 0 Å². The molecule has 5 aromatic rings. The summed E-state index contributed by atoms with van der Waals surface area (Å²) in [7, 11) is 1.68. The molecule has 0 radical (unpaired) electrons. The zero-order valence-electron chi connectivity index (χ0n) is 14.7. The number of methoxy groups -OCH3 is 1. The zero-order valence-corrected chi connectivity index (χ0v) is 14.7. The van der Waals surface area contributed by atoms with Crippen molar-refractivity contribution in [1.29, 1.82) is 0 Å². The van der Waals surface area contributed by atoms with E-state index in [2.05, 4.69) is 38.9 Å². The summed E-state index contributed by atoms with van der Waals surface area (Å²) in [5.41, 5.74) is 11.0. The summed E-state index contributed by atoms with van der Waals surface area (Å²) in [5, 5.41) is 5.35. The van der Waals surface area contributed by atoms with Crippen molar-refractivity contribution < 1.29 is 4.74 Å². The minimum atomic E-state index is 0.577. The second kappa shape index (κ2) is 5.88. The van der Waals surface area contributed by atoms with Crippen molar-refractivity contribution in [3.05, 3.63) is 73.2 Å². The molecular weight excluding hydrogens is 338 g/mol. The number of hydrogen-bond donors (Lipinski definition) is 1. The molecule has 2 aromatic carbocycles. The molecule has 0 bridgehead atoms. The molecule has 0 aliphatic rings. The molecule has 0 atom stereocenters. The minimum Gasteiger partial charge on any atom is -0.495 e. The third-order valence-corrected chi connectivity index (χ3v) is 4.80. The molecule has 132 valence electrons. The fourth-order valence-electron chi connectivity index (χ4n) is 3.46. The third-order valence-electron chi connectivity index (χ3n) is 4.80. The third kappa shape index (κ3) is 2.34. The highest BCUT2D eigenvalue weighted by atomic mass is 16.5. The highest BCUT2D eigenvalue weighted by Crippen LogP contribution is 2.32. The number of fused-ring (bicyclic) bond motifs is 2. The predicted molar refractivity (Wildman–Crippen MR) is 106 cm³/mol. The summed E-state index contributed by atoms with van der Waals surface area (Å²) < 4.78 is 9.28. The van der Waals surface area contributed by atoms with Gasteiger partial charge in [0.15, 0.2) is 5.65 Å². The fourth-order valence-corrected chi connectivity index (χ4v) is 3.46. The second-order valence-corrected chi connectivity index (χ2v) is 6.29. The summed E-state index contributed by atoms with van der Waals surface area (Å²) in [4.78, 5) is 4.43. The van der Waals surface area contributed by atoms with Crippen molar-refractivity contribution in [2.75, 3.05) is 12.8 Å². The van der Waals surface area contributed by atoms with E-state index in [-0.39, 0.29) is 0 Å². The SMILES string of the molecule is COc1ccccc1-n1ccc2cc(-c3cnc4ccnn4c3N)ccc21. The van der Waals surface area contributed by atoms with E-state index in [9.17, 15) is 0 Å². The molecule has 5 rings (SSSR count). The Balaban J connectivity index is 1.66. The lowest BCUT2D eigenvalue weighted by molar-refractivity contribution is 0.413. The molecule has 0 aliphatic heterocycles. The summed E-state index contributed by atoms with van der Waals surface area (Å²) >= 11 is 0. The second-order valence-electron chi connectivity index (χ2n) is 6.29. The van der Waals surface area contributed by atoms with Gasteiger partial charge in [0.25, 0.3) is 0 Å². The molecule has 0 saturated heterocycles. The summed E-state index contributed by atoms with van der Waals surface area (Å²) in [6, 6.07) is 18.1. The fraction of sp³-hybridized carbons (Fsp3) is 0.0476. The number of nitrogens with zero attached hydrogens (tertiary/aromatic N) is 4. The van der Waals surface area contributed by atoms with Gasteiger partial charge in [0.2, 0.25) is 0 Å². The lowest BCUT2D eigenvalue weighted by Crippen LogP contribution is -2.02. The number of rotatable bonds is 3. The Hall–Kier alpha value is -3.80. The van der Waals surface area contributed by atoms with Gasteiger partial charge >= 0.3 is 0 Å². The van der Waals surface area contributed by atoms with E-state index in [1.165, 1.54) is 0 Å². The van der Waals surface area contributed by atoms with Crippen LogP contribution in [-0.4, -0.2) is 26.3 Å². The lowest BCUT2D eigenvalue weighted by atomic mass is 10.1. The first-order valence-corrected chi connectivity index (χ1v) is 8.59. The molecule has 27 heavy (non-hydrogen) atoms. The number of nitrogens with two attached hydrogens (primary N) is 1. The van der Waals surface area contributed by atoms with Gasteiger partial charge in [0.1, 0.15) is 11.6 Å². The number of ether oxygens (including phenoxy) is 1. The van der Waals surface area contributed by atoms with Gasteiger partial charge in [-0.3, -0.25) is 0 Å². The molecule has 0 unspecified atom stereocenters. The van der Waals surface area contributed by atoms with Crippen molar-refractivity contribution >= 4 is 22.4 Å². The van der Waals surface area contributed by atoms with Gasteiger partial charge in [-0.05, 0) is 35.9 Å². The predicted octanol–water partition coefficient (Wildman–Crippen LogP) is 3.93. The standard InChI is InChI=1S/C21H17N5O/c1-27-19-5-3-2-4-18(19)25-11-9-15-12-14(6-7-17(15)25)16-13-23-20-8-10-24-26(20)21(16)22/h2-13H,22H2,1H3. The first-order chi connectivity index (χ1) is 13.3. The number of aromatic nitrogens is 4. The van der Waals surface area contributed by atoms with Crippen LogP contribution in [0.15, 0.2) is 73.2 Å². The van der Waals surface area contributed by atoms with E-state index in [0.717, 1.165) is 39.1 Å². The van der Waals surface area contributed by atoms with E-state index < -0.39 is 0 Å². The van der Waals surface area contributed by atoms with E-state index in [4.69, 9.17) is 10.5 Å². The number of benzene rings is 2.